The maximum atomic E-state index is 4.73. The first-order chi connectivity index (χ1) is 11.5. The highest BCUT2D eigenvalue weighted by molar-refractivity contribution is 7.99. The van der Waals surface area contributed by atoms with Crippen LogP contribution in [0.15, 0.2) is 23.3 Å². The third kappa shape index (κ3) is 5.89. The maximum absolute atomic E-state index is 4.73. The average molecular weight is 350 g/mol. The predicted molar refractivity (Wildman–Crippen MR) is 106 cm³/mol. The second-order valence-electron chi connectivity index (χ2n) is 6.73. The molecule has 6 heteroatoms. The van der Waals surface area contributed by atoms with Gasteiger partial charge in [0.15, 0.2) is 5.96 Å². The second kappa shape index (κ2) is 9.16. The van der Waals surface area contributed by atoms with Crippen LogP contribution in [0.1, 0.15) is 39.2 Å². The van der Waals surface area contributed by atoms with Crippen molar-refractivity contribution in [3.05, 3.63) is 23.9 Å². The Labute approximate surface area is 150 Å². The number of anilines is 1. The summed E-state index contributed by atoms with van der Waals surface area (Å²) in [4.78, 5) is 11.6. The van der Waals surface area contributed by atoms with E-state index in [1.54, 1.807) is 0 Å². The summed E-state index contributed by atoms with van der Waals surface area (Å²) in [6, 6.07) is 4.22. The van der Waals surface area contributed by atoms with Gasteiger partial charge in [-0.05, 0) is 57.6 Å². The molecule has 134 valence electrons. The Morgan fingerprint density at radius 1 is 1.33 bits per heavy atom. The molecule has 0 radical (unpaired) electrons. The molecular weight excluding hydrogens is 318 g/mol. The van der Waals surface area contributed by atoms with Crippen LogP contribution in [0.3, 0.4) is 0 Å². The van der Waals surface area contributed by atoms with Gasteiger partial charge in [-0.1, -0.05) is 0 Å². The van der Waals surface area contributed by atoms with Crippen molar-refractivity contribution < 1.29 is 0 Å². The number of aromatic nitrogens is 1. The summed E-state index contributed by atoms with van der Waals surface area (Å²) in [5.41, 5.74) is 1.20. The molecule has 1 aliphatic heterocycles. The zero-order chi connectivity index (χ0) is 17.4. The van der Waals surface area contributed by atoms with Crippen molar-refractivity contribution in [2.75, 3.05) is 37.3 Å². The highest BCUT2D eigenvalue weighted by atomic mass is 32.2. The molecule has 2 rings (SSSR count). The molecule has 0 bridgehead atoms. The predicted octanol–water partition coefficient (Wildman–Crippen LogP) is 2.88. The summed E-state index contributed by atoms with van der Waals surface area (Å²) in [5, 5.41) is 6.77. The normalized spacial score (nSPS) is 15.7. The molecule has 2 N–H and O–H groups in total. The van der Waals surface area contributed by atoms with E-state index in [1.807, 2.05) is 18.0 Å². The molecule has 0 aliphatic carbocycles. The van der Waals surface area contributed by atoms with Gasteiger partial charge in [0.1, 0.15) is 5.82 Å². The summed E-state index contributed by atoms with van der Waals surface area (Å²) < 4.78 is 0.190. The zero-order valence-electron chi connectivity index (χ0n) is 15.4. The van der Waals surface area contributed by atoms with Gasteiger partial charge in [0.2, 0.25) is 0 Å². The molecule has 0 aromatic carbocycles. The van der Waals surface area contributed by atoms with Crippen LogP contribution in [0.25, 0.3) is 0 Å². The molecule has 5 nitrogen and oxygen atoms in total. The Morgan fingerprint density at radius 3 is 2.75 bits per heavy atom. The Balaban J connectivity index is 1.98. The third-order valence-corrected chi connectivity index (χ3v) is 5.49. The number of nitrogens with zero attached hydrogens (tertiary/aromatic N) is 3. The molecule has 1 aromatic heterocycles. The molecule has 0 atom stereocenters. The second-order valence-corrected chi connectivity index (χ2v) is 8.24. The van der Waals surface area contributed by atoms with Gasteiger partial charge in [-0.25, -0.2) is 9.98 Å². The van der Waals surface area contributed by atoms with Crippen LogP contribution in [0, 0.1) is 0 Å². The fourth-order valence-electron chi connectivity index (χ4n) is 2.56. The molecule has 0 spiro atoms. The van der Waals surface area contributed by atoms with Crippen LogP contribution in [0.5, 0.6) is 0 Å². The zero-order valence-corrected chi connectivity index (χ0v) is 16.2. The van der Waals surface area contributed by atoms with Gasteiger partial charge >= 0.3 is 0 Å². The molecule has 24 heavy (non-hydrogen) atoms. The number of aliphatic imine (C=N–C) groups is 1. The van der Waals surface area contributed by atoms with Gasteiger partial charge in [0.05, 0.1) is 6.54 Å². The average Bonchev–Trinajstić information content (AvgIpc) is 3.12. The summed E-state index contributed by atoms with van der Waals surface area (Å²) in [5.74, 6) is 1.96. The molecule has 0 saturated carbocycles. The van der Waals surface area contributed by atoms with Crippen LogP contribution in [-0.2, 0) is 6.54 Å². The smallest absolute Gasteiger partial charge is 0.191 e. The molecule has 2 heterocycles. The van der Waals surface area contributed by atoms with Crippen molar-refractivity contribution in [1.29, 1.82) is 0 Å². The lowest BCUT2D eigenvalue weighted by molar-refractivity contribution is 0.665. The summed E-state index contributed by atoms with van der Waals surface area (Å²) >= 11 is 1.86. The maximum Gasteiger partial charge on any atom is 0.191 e. The third-order valence-electron chi connectivity index (χ3n) is 4.24. The first-order valence-corrected chi connectivity index (χ1v) is 10.0. The van der Waals surface area contributed by atoms with Crippen molar-refractivity contribution in [2.24, 2.45) is 4.99 Å². The van der Waals surface area contributed by atoms with E-state index in [0.29, 0.717) is 6.54 Å². The SMILES string of the molecule is CCNC(=NCc1ccnc(N2CCCC2)c1)NCC(C)(C)SC. The van der Waals surface area contributed by atoms with Crippen LogP contribution in [-0.4, -0.2) is 48.1 Å². The van der Waals surface area contributed by atoms with Gasteiger partial charge in [-0.15, -0.1) is 0 Å². The largest absolute Gasteiger partial charge is 0.357 e. The quantitative estimate of drug-likeness (QED) is 0.586. The van der Waals surface area contributed by atoms with Crippen molar-refractivity contribution >= 4 is 23.5 Å². The van der Waals surface area contributed by atoms with E-state index in [2.05, 4.69) is 59.7 Å². The molecule has 1 fully saturated rings. The number of guanidine groups is 1. The summed E-state index contributed by atoms with van der Waals surface area (Å²) in [7, 11) is 0. The van der Waals surface area contributed by atoms with Gasteiger partial charge < -0.3 is 15.5 Å². The Bertz CT molecular complexity index is 538. The van der Waals surface area contributed by atoms with Gasteiger partial charge in [0.25, 0.3) is 0 Å². The first-order valence-electron chi connectivity index (χ1n) is 8.81. The molecule has 1 saturated heterocycles. The van der Waals surface area contributed by atoms with Crippen LogP contribution in [0.4, 0.5) is 5.82 Å². The minimum absolute atomic E-state index is 0.190. The lowest BCUT2D eigenvalue weighted by atomic mass is 10.2. The van der Waals surface area contributed by atoms with Crippen molar-refractivity contribution in [1.82, 2.24) is 15.6 Å². The van der Waals surface area contributed by atoms with Crippen LogP contribution >= 0.6 is 11.8 Å². The number of rotatable bonds is 7. The lowest BCUT2D eigenvalue weighted by Gasteiger charge is -2.23. The van der Waals surface area contributed by atoms with Crippen LogP contribution < -0.4 is 15.5 Å². The van der Waals surface area contributed by atoms with Crippen molar-refractivity contribution in [2.45, 2.75) is 44.9 Å². The standard InChI is InChI=1S/C18H31N5S/c1-5-19-17(22-14-18(2,3)24-4)21-13-15-8-9-20-16(12-15)23-10-6-7-11-23/h8-9,12H,5-7,10-11,13-14H2,1-4H3,(H2,19,21,22). The Kier molecular flexibility index (Phi) is 7.21. The number of thioether (sulfide) groups is 1. The molecule has 1 aliphatic rings. The van der Waals surface area contributed by atoms with Gasteiger partial charge in [0, 0.05) is 37.1 Å². The number of pyridine rings is 1. The first kappa shape index (κ1) is 18.9. The van der Waals surface area contributed by atoms with E-state index in [4.69, 9.17) is 4.99 Å². The van der Waals surface area contributed by atoms with E-state index in [-0.39, 0.29) is 4.75 Å². The van der Waals surface area contributed by atoms with Crippen LogP contribution in [0.2, 0.25) is 0 Å². The molecular formula is C18H31N5S. The van der Waals surface area contributed by atoms with Crippen molar-refractivity contribution in [3.8, 4) is 0 Å². The minimum Gasteiger partial charge on any atom is -0.357 e. The Hall–Kier alpha value is -1.43. The monoisotopic (exact) mass is 349 g/mol. The summed E-state index contributed by atoms with van der Waals surface area (Å²) in [6.45, 7) is 11.2. The number of nitrogens with one attached hydrogen (secondary N) is 2. The lowest BCUT2D eigenvalue weighted by Crippen LogP contribution is -2.43. The number of hydrogen-bond acceptors (Lipinski definition) is 4. The Morgan fingerprint density at radius 2 is 2.08 bits per heavy atom. The van der Waals surface area contributed by atoms with Gasteiger partial charge in [-0.2, -0.15) is 11.8 Å². The van der Waals surface area contributed by atoms with E-state index < -0.39 is 0 Å². The fourth-order valence-corrected chi connectivity index (χ4v) is 2.78. The topological polar surface area (TPSA) is 52.6 Å². The summed E-state index contributed by atoms with van der Waals surface area (Å²) in [6.07, 6.45) is 6.58. The molecule has 1 aromatic rings. The van der Waals surface area contributed by atoms with Crippen molar-refractivity contribution in [3.63, 3.8) is 0 Å². The highest BCUT2D eigenvalue weighted by Crippen LogP contribution is 2.20. The minimum atomic E-state index is 0.190. The molecule has 0 amide bonds. The number of hydrogen-bond donors (Lipinski definition) is 2. The van der Waals surface area contributed by atoms with E-state index >= 15 is 0 Å². The highest BCUT2D eigenvalue weighted by Gasteiger charge is 2.16. The van der Waals surface area contributed by atoms with Gasteiger partial charge in [-0.3, -0.25) is 0 Å². The van der Waals surface area contributed by atoms with E-state index in [9.17, 15) is 0 Å². The molecule has 0 unspecified atom stereocenters. The van der Waals surface area contributed by atoms with E-state index in [1.165, 1.54) is 18.4 Å². The fraction of sp³-hybridized carbons (Fsp3) is 0.667. The van der Waals surface area contributed by atoms with E-state index in [0.717, 1.165) is 38.0 Å².